The maximum Gasteiger partial charge on any atom is 0.316 e. The van der Waals surface area contributed by atoms with Crippen LogP contribution in [-0.2, 0) is 14.3 Å². The van der Waals surface area contributed by atoms with Crippen molar-refractivity contribution in [3.63, 3.8) is 0 Å². The highest BCUT2D eigenvalue weighted by Crippen LogP contribution is 2.45. The van der Waals surface area contributed by atoms with Crippen LogP contribution in [0.3, 0.4) is 0 Å². The molecular formula is C24H32O4. The Morgan fingerprint density at radius 1 is 1.25 bits per heavy atom. The molecule has 0 fully saturated rings. The first kappa shape index (κ1) is 22.1. The Morgan fingerprint density at radius 2 is 1.89 bits per heavy atom. The summed E-state index contributed by atoms with van der Waals surface area (Å²) in [6.07, 6.45) is 5.91. The molecule has 2 rings (SSSR count). The van der Waals surface area contributed by atoms with Crippen LogP contribution in [0, 0.1) is 29.1 Å². The summed E-state index contributed by atoms with van der Waals surface area (Å²) < 4.78 is 4.94. The van der Waals surface area contributed by atoms with Gasteiger partial charge in [-0.2, -0.15) is 0 Å². The van der Waals surface area contributed by atoms with Crippen molar-refractivity contribution in [3.8, 4) is 0 Å². The van der Waals surface area contributed by atoms with Crippen molar-refractivity contribution < 1.29 is 19.1 Å². The number of ketones is 1. The highest BCUT2D eigenvalue weighted by molar-refractivity contribution is 6.09. The SMILES string of the molecule is COC(=O)C(C(=O)c1ccccc1)C(C)C(C=O)CC1C(C)=CCCC1(C)C. The van der Waals surface area contributed by atoms with E-state index in [9.17, 15) is 14.4 Å². The molecule has 0 spiro atoms. The van der Waals surface area contributed by atoms with Gasteiger partial charge < -0.3 is 9.53 Å². The van der Waals surface area contributed by atoms with Gasteiger partial charge in [0.25, 0.3) is 0 Å². The first-order valence-electron chi connectivity index (χ1n) is 10.0. The van der Waals surface area contributed by atoms with Crippen molar-refractivity contribution >= 4 is 18.0 Å². The van der Waals surface area contributed by atoms with Gasteiger partial charge in [-0.25, -0.2) is 0 Å². The molecule has 1 aromatic rings. The van der Waals surface area contributed by atoms with E-state index in [2.05, 4.69) is 26.8 Å². The number of carbonyl (C=O) groups is 3. The highest BCUT2D eigenvalue weighted by Gasteiger charge is 2.41. The minimum atomic E-state index is -0.987. The lowest BCUT2D eigenvalue weighted by atomic mass is 9.64. The van der Waals surface area contributed by atoms with Gasteiger partial charge in [-0.15, -0.1) is 0 Å². The molecule has 0 saturated heterocycles. The van der Waals surface area contributed by atoms with Crippen molar-refractivity contribution in [2.24, 2.45) is 29.1 Å². The summed E-state index contributed by atoms with van der Waals surface area (Å²) in [5.74, 6) is -2.45. The molecule has 1 aliphatic carbocycles. The molecule has 1 aliphatic rings. The van der Waals surface area contributed by atoms with Crippen LogP contribution in [0.4, 0.5) is 0 Å². The molecule has 1 aromatic carbocycles. The minimum Gasteiger partial charge on any atom is -0.468 e. The molecule has 28 heavy (non-hydrogen) atoms. The highest BCUT2D eigenvalue weighted by atomic mass is 16.5. The third-order valence-electron chi connectivity index (χ3n) is 6.43. The van der Waals surface area contributed by atoms with Gasteiger partial charge in [-0.05, 0) is 43.4 Å². The first-order valence-corrected chi connectivity index (χ1v) is 10.0. The van der Waals surface area contributed by atoms with E-state index in [-0.39, 0.29) is 17.1 Å². The number of allylic oxidation sites excluding steroid dienone is 2. The topological polar surface area (TPSA) is 60.4 Å². The second-order valence-corrected chi connectivity index (χ2v) is 8.65. The summed E-state index contributed by atoms with van der Waals surface area (Å²) in [5, 5.41) is 0. The minimum absolute atomic E-state index is 0.0873. The van der Waals surface area contributed by atoms with Crippen molar-refractivity contribution in [2.45, 2.75) is 47.0 Å². The van der Waals surface area contributed by atoms with E-state index in [1.807, 2.05) is 13.0 Å². The van der Waals surface area contributed by atoms with E-state index in [4.69, 9.17) is 4.74 Å². The van der Waals surface area contributed by atoms with Crippen LogP contribution in [0.5, 0.6) is 0 Å². The van der Waals surface area contributed by atoms with Gasteiger partial charge in [0.2, 0.25) is 0 Å². The van der Waals surface area contributed by atoms with E-state index in [0.717, 1.165) is 19.1 Å². The van der Waals surface area contributed by atoms with E-state index in [1.54, 1.807) is 24.3 Å². The smallest absolute Gasteiger partial charge is 0.316 e. The Bertz CT molecular complexity index is 732. The van der Waals surface area contributed by atoms with Gasteiger partial charge in [0.05, 0.1) is 7.11 Å². The molecule has 0 heterocycles. The largest absolute Gasteiger partial charge is 0.468 e. The van der Waals surface area contributed by atoms with Crippen LogP contribution in [0.25, 0.3) is 0 Å². The van der Waals surface area contributed by atoms with Gasteiger partial charge >= 0.3 is 5.97 Å². The Labute approximate surface area is 168 Å². The molecule has 0 amide bonds. The summed E-state index contributed by atoms with van der Waals surface area (Å²) in [6.45, 7) is 8.39. The van der Waals surface area contributed by atoms with Gasteiger partial charge in [0.15, 0.2) is 5.78 Å². The second-order valence-electron chi connectivity index (χ2n) is 8.65. The van der Waals surface area contributed by atoms with Crippen LogP contribution in [0.2, 0.25) is 0 Å². The van der Waals surface area contributed by atoms with E-state index in [1.165, 1.54) is 12.7 Å². The van der Waals surface area contributed by atoms with Crippen molar-refractivity contribution in [1.82, 2.24) is 0 Å². The summed E-state index contributed by atoms with van der Waals surface area (Å²) in [5.41, 5.74) is 1.84. The number of benzene rings is 1. The summed E-state index contributed by atoms with van der Waals surface area (Å²) in [4.78, 5) is 37.6. The summed E-state index contributed by atoms with van der Waals surface area (Å²) in [6, 6.07) is 8.74. The number of hydrogen-bond donors (Lipinski definition) is 0. The maximum atomic E-state index is 13.1. The van der Waals surface area contributed by atoms with Crippen molar-refractivity contribution in [2.75, 3.05) is 7.11 Å². The molecule has 4 nitrogen and oxygen atoms in total. The molecule has 0 aliphatic heterocycles. The van der Waals surface area contributed by atoms with E-state index < -0.39 is 23.7 Å². The fraction of sp³-hybridized carbons (Fsp3) is 0.542. The van der Waals surface area contributed by atoms with Crippen LogP contribution < -0.4 is 0 Å². The zero-order valence-corrected chi connectivity index (χ0v) is 17.6. The first-order chi connectivity index (χ1) is 13.2. The number of rotatable bonds is 8. The number of hydrogen-bond acceptors (Lipinski definition) is 4. The van der Waals surface area contributed by atoms with Gasteiger partial charge in [-0.1, -0.05) is 62.8 Å². The monoisotopic (exact) mass is 384 g/mol. The van der Waals surface area contributed by atoms with Crippen LogP contribution >= 0.6 is 0 Å². The Kier molecular flexibility index (Phi) is 7.34. The second kappa shape index (κ2) is 9.31. The fourth-order valence-electron chi connectivity index (χ4n) is 4.49. The molecule has 0 bridgehead atoms. The predicted molar refractivity (Wildman–Crippen MR) is 110 cm³/mol. The number of esters is 1. The molecular weight excluding hydrogens is 352 g/mol. The molecule has 0 aromatic heterocycles. The molecule has 4 unspecified atom stereocenters. The predicted octanol–water partition coefficient (Wildman–Crippen LogP) is 4.88. The fourth-order valence-corrected chi connectivity index (χ4v) is 4.49. The molecule has 152 valence electrons. The average molecular weight is 385 g/mol. The molecule has 0 saturated carbocycles. The summed E-state index contributed by atoms with van der Waals surface area (Å²) >= 11 is 0. The third-order valence-corrected chi connectivity index (χ3v) is 6.43. The maximum absolute atomic E-state index is 13.1. The Hall–Kier alpha value is -2.23. The van der Waals surface area contributed by atoms with Crippen LogP contribution in [-0.4, -0.2) is 25.1 Å². The zero-order valence-electron chi connectivity index (χ0n) is 17.6. The lowest BCUT2D eigenvalue weighted by molar-refractivity contribution is -0.146. The third kappa shape index (κ3) is 4.78. The average Bonchev–Trinajstić information content (AvgIpc) is 2.67. The van der Waals surface area contributed by atoms with E-state index >= 15 is 0 Å². The summed E-state index contributed by atoms with van der Waals surface area (Å²) in [7, 11) is 1.29. The molecule has 0 radical (unpaired) electrons. The van der Waals surface area contributed by atoms with Crippen molar-refractivity contribution in [3.05, 3.63) is 47.5 Å². The number of methoxy groups -OCH3 is 1. The standard InChI is InChI=1S/C24H32O4/c1-16-10-9-13-24(3,4)20(16)14-19(15-25)17(2)21(23(27)28-5)22(26)18-11-7-6-8-12-18/h6-8,10-12,15,17,19-21H,9,13-14H2,1-5H3. The van der Waals surface area contributed by atoms with Gasteiger partial charge in [-0.3, -0.25) is 9.59 Å². The zero-order chi connectivity index (χ0) is 20.9. The number of ether oxygens (including phenoxy) is 1. The van der Waals surface area contributed by atoms with Gasteiger partial charge in [0, 0.05) is 11.5 Å². The molecule has 4 heteroatoms. The van der Waals surface area contributed by atoms with E-state index in [0.29, 0.717) is 12.0 Å². The quantitative estimate of drug-likeness (QED) is 0.211. The Balaban J connectivity index is 2.30. The normalized spacial score (nSPS) is 21.8. The number of aldehydes is 1. The lowest BCUT2D eigenvalue weighted by Crippen LogP contribution is -2.38. The van der Waals surface area contributed by atoms with Gasteiger partial charge in [0.1, 0.15) is 12.2 Å². The lowest BCUT2D eigenvalue weighted by Gasteiger charge is -2.41. The number of carbonyl (C=O) groups excluding carboxylic acids is 3. The molecule has 4 atom stereocenters. The number of Topliss-reactive ketones (excluding diaryl/α,β-unsaturated/α-hetero) is 1. The molecule has 0 N–H and O–H groups in total. The van der Waals surface area contributed by atoms with Crippen LogP contribution in [0.15, 0.2) is 42.0 Å². The Morgan fingerprint density at radius 3 is 2.43 bits per heavy atom. The van der Waals surface area contributed by atoms with Crippen LogP contribution in [0.1, 0.15) is 57.3 Å². The van der Waals surface area contributed by atoms with Crippen molar-refractivity contribution in [1.29, 1.82) is 0 Å².